The molecule has 1 aromatic rings. The van der Waals surface area contributed by atoms with Crippen LogP contribution in [0.25, 0.3) is 0 Å². The van der Waals surface area contributed by atoms with E-state index < -0.39 is 13.1 Å². The van der Waals surface area contributed by atoms with Gasteiger partial charge in [-0.25, -0.2) is 0 Å². The van der Waals surface area contributed by atoms with Gasteiger partial charge in [0.15, 0.2) is 0 Å². The lowest BCUT2D eigenvalue weighted by atomic mass is 10.2. The van der Waals surface area contributed by atoms with Crippen molar-refractivity contribution in [1.82, 2.24) is 0 Å². The van der Waals surface area contributed by atoms with Crippen molar-refractivity contribution in [2.75, 3.05) is 13.2 Å². The molecule has 0 amide bonds. The van der Waals surface area contributed by atoms with Crippen LogP contribution < -0.4 is 0 Å². The standard InChI is InChI=1S/C12H16BrO4P/c1-3-16-18(15,17-4-2)12(14)11-7-5-10(9-13)6-8-11/h5-8H,3-4,9H2,1-2H3. The maximum Gasteiger partial charge on any atom is 0.401 e. The van der Waals surface area contributed by atoms with E-state index in [4.69, 9.17) is 9.05 Å². The zero-order valence-corrected chi connectivity index (χ0v) is 12.9. The molecule has 0 heterocycles. The monoisotopic (exact) mass is 334 g/mol. The SMILES string of the molecule is CCOP(=O)(OCC)C(=O)c1ccc(CBr)cc1. The Morgan fingerprint density at radius 2 is 1.67 bits per heavy atom. The average molecular weight is 335 g/mol. The molecule has 0 spiro atoms. The predicted molar refractivity (Wildman–Crippen MR) is 74.3 cm³/mol. The van der Waals surface area contributed by atoms with E-state index >= 15 is 0 Å². The van der Waals surface area contributed by atoms with Crippen molar-refractivity contribution in [1.29, 1.82) is 0 Å². The van der Waals surface area contributed by atoms with Gasteiger partial charge in [-0.05, 0) is 19.4 Å². The fourth-order valence-electron chi connectivity index (χ4n) is 1.39. The van der Waals surface area contributed by atoms with Crippen LogP contribution in [0.2, 0.25) is 0 Å². The summed E-state index contributed by atoms with van der Waals surface area (Å²) in [5.74, 6) is 0. The van der Waals surface area contributed by atoms with Gasteiger partial charge in [0.1, 0.15) is 0 Å². The van der Waals surface area contributed by atoms with Crippen molar-refractivity contribution in [2.24, 2.45) is 0 Å². The third-order valence-electron chi connectivity index (χ3n) is 2.20. The van der Waals surface area contributed by atoms with Crippen LogP contribution in [0.1, 0.15) is 29.8 Å². The molecule has 0 aliphatic rings. The first-order chi connectivity index (χ1) is 8.57. The van der Waals surface area contributed by atoms with E-state index in [1.807, 2.05) is 0 Å². The van der Waals surface area contributed by atoms with Gasteiger partial charge < -0.3 is 9.05 Å². The quantitative estimate of drug-likeness (QED) is 0.558. The van der Waals surface area contributed by atoms with Crippen LogP contribution in [-0.2, 0) is 18.9 Å². The number of benzene rings is 1. The van der Waals surface area contributed by atoms with Crippen LogP contribution in [0.15, 0.2) is 24.3 Å². The van der Waals surface area contributed by atoms with Crippen LogP contribution >= 0.6 is 23.5 Å². The third-order valence-corrected chi connectivity index (χ3v) is 4.80. The Kier molecular flexibility index (Phi) is 6.22. The maximum absolute atomic E-state index is 12.3. The largest absolute Gasteiger partial charge is 0.401 e. The molecule has 0 bridgehead atoms. The van der Waals surface area contributed by atoms with E-state index in [0.29, 0.717) is 10.9 Å². The highest BCUT2D eigenvalue weighted by molar-refractivity contribution is 9.08. The lowest BCUT2D eigenvalue weighted by molar-refractivity contribution is 0.100. The maximum atomic E-state index is 12.3. The zero-order chi connectivity index (χ0) is 13.6. The smallest absolute Gasteiger partial charge is 0.303 e. The summed E-state index contributed by atoms with van der Waals surface area (Å²) in [6.45, 7) is 3.69. The lowest BCUT2D eigenvalue weighted by Gasteiger charge is -2.15. The number of hydrogen-bond donors (Lipinski definition) is 0. The summed E-state index contributed by atoms with van der Waals surface area (Å²) in [6, 6.07) is 6.85. The molecule has 0 saturated heterocycles. The molecule has 0 radical (unpaired) electrons. The van der Waals surface area contributed by atoms with Crippen molar-refractivity contribution in [3.05, 3.63) is 35.4 Å². The van der Waals surface area contributed by atoms with E-state index in [1.54, 1.807) is 38.1 Å². The molecule has 1 rings (SSSR count). The number of alkyl halides is 1. The fourth-order valence-corrected chi connectivity index (χ4v) is 3.22. The molecule has 100 valence electrons. The van der Waals surface area contributed by atoms with Gasteiger partial charge in [0.05, 0.1) is 13.2 Å². The first-order valence-corrected chi connectivity index (χ1v) is 8.32. The van der Waals surface area contributed by atoms with Crippen LogP contribution in [0.4, 0.5) is 0 Å². The second-order valence-electron chi connectivity index (χ2n) is 3.47. The number of carbonyl (C=O) groups is 1. The number of hydrogen-bond acceptors (Lipinski definition) is 4. The van der Waals surface area contributed by atoms with Gasteiger partial charge in [0.2, 0.25) is 0 Å². The third kappa shape index (κ3) is 3.75. The topological polar surface area (TPSA) is 52.6 Å². The first-order valence-electron chi connectivity index (χ1n) is 5.66. The molecule has 0 aromatic heterocycles. The molecule has 0 N–H and O–H groups in total. The Morgan fingerprint density at radius 1 is 1.17 bits per heavy atom. The Morgan fingerprint density at radius 3 is 2.06 bits per heavy atom. The highest BCUT2D eigenvalue weighted by atomic mass is 79.9. The molecule has 0 aliphatic carbocycles. The molecule has 0 unspecified atom stereocenters. The van der Waals surface area contributed by atoms with Crippen molar-refractivity contribution in [3.63, 3.8) is 0 Å². The van der Waals surface area contributed by atoms with Gasteiger partial charge in [-0.2, -0.15) is 0 Å². The number of halogens is 1. The van der Waals surface area contributed by atoms with Gasteiger partial charge in [0, 0.05) is 10.9 Å². The fraction of sp³-hybridized carbons (Fsp3) is 0.417. The molecule has 0 fully saturated rings. The van der Waals surface area contributed by atoms with Gasteiger partial charge in [-0.15, -0.1) is 0 Å². The summed E-state index contributed by atoms with van der Waals surface area (Å²) in [4.78, 5) is 12.1. The van der Waals surface area contributed by atoms with E-state index in [9.17, 15) is 9.36 Å². The summed E-state index contributed by atoms with van der Waals surface area (Å²) in [7, 11) is -3.71. The van der Waals surface area contributed by atoms with Crippen molar-refractivity contribution >= 4 is 29.1 Å². The molecule has 0 atom stereocenters. The highest BCUT2D eigenvalue weighted by Crippen LogP contribution is 2.51. The van der Waals surface area contributed by atoms with Gasteiger partial charge >= 0.3 is 7.60 Å². The Labute approximate surface area is 115 Å². The molecule has 18 heavy (non-hydrogen) atoms. The van der Waals surface area contributed by atoms with Crippen molar-refractivity contribution in [2.45, 2.75) is 19.2 Å². The molecular formula is C12H16BrO4P. The van der Waals surface area contributed by atoms with E-state index in [1.165, 1.54) is 0 Å². The van der Waals surface area contributed by atoms with Gasteiger partial charge in [-0.1, -0.05) is 40.2 Å². The minimum Gasteiger partial charge on any atom is -0.303 e. The van der Waals surface area contributed by atoms with Crippen LogP contribution in [0.3, 0.4) is 0 Å². The van der Waals surface area contributed by atoms with Crippen molar-refractivity contribution < 1.29 is 18.4 Å². The Bertz CT molecular complexity index is 434. The van der Waals surface area contributed by atoms with Crippen LogP contribution in [0.5, 0.6) is 0 Å². The highest BCUT2D eigenvalue weighted by Gasteiger charge is 2.34. The summed E-state index contributed by atoms with van der Waals surface area (Å²) >= 11 is 3.32. The molecule has 0 aliphatic heterocycles. The summed E-state index contributed by atoms with van der Waals surface area (Å²) in [6.07, 6.45) is 0. The van der Waals surface area contributed by atoms with E-state index in [-0.39, 0.29) is 13.2 Å². The van der Waals surface area contributed by atoms with Gasteiger partial charge in [-0.3, -0.25) is 9.36 Å². The van der Waals surface area contributed by atoms with E-state index in [2.05, 4.69) is 15.9 Å². The summed E-state index contributed by atoms with van der Waals surface area (Å²) < 4.78 is 22.3. The minimum atomic E-state index is -3.71. The second kappa shape index (κ2) is 7.19. The molecule has 1 aromatic carbocycles. The first kappa shape index (κ1) is 15.6. The lowest BCUT2D eigenvalue weighted by Crippen LogP contribution is -2.07. The minimum absolute atomic E-state index is 0.169. The summed E-state index contributed by atoms with van der Waals surface area (Å²) in [5, 5.41) is 0.704. The zero-order valence-electron chi connectivity index (χ0n) is 10.4. The molecule has 0 saturated carbocycles. The average Bonchev–Trinajstić information content (AvgIpc) is 2.38. The Hall–Kier alpha value is -0.480. The van der Waals surface area contributed by atoms with Crippen LogP contribution in [-0.4, -0.2) is 18.7 Å². The normalized spacial score (nSPS) is 11.5. The second-order valence-corrected chi connectivity index (χ2v) is 5.95. The van der Waals surface area contributed by atoms with Crippen molar-refractivity contribution in [3.8, 4) is 0 Å². The van der Waals surface area contributed by atoms with Crippen LogP contribution in [0, 0.1) is 0 Å². The molecular weight excluding hydrogens is 319 g/mol. The molecule has 6 heteroatoms. The predicted octanol–water partition coefficient (Wildman–Crippen LogP) is 3.99. The number of rotatable bonds is 7. The Balaban J connectivity index is 2.98. The van der Waals surface area contributed by atoms with E-state index in [0.717, 1.165) is 5.56 Å². The molecule has 4 nitrogen and oxygen atoms in total. The van der Waals surface area contributed by atoms with Gasteiger partial charge in [0.25, 0.3) is 5.52 Å². The summed E-state index contributed by atoms with van der Waals surface area (Å²) in [5.41, 5.74) is 0.784. The number of carbonyl (C=O) groups excluding carboxylic acids is 1.